The average molecular weight is 316 g/mol. The summed E-state index contributed by atoms with van der Waals surface area (Å²) in [4.78, 5) is 0.368. The second-order valence-corrected chi connectivity index (χ2v) is 8.00. The molecular formula is C18H20O3S. The Morgan fingerprint density at radius 2 is 1.68 bits per heavy atom. The van der Waals surface area contributed by atoms with Crippen LogP contribution in [0.5, 0.6) is 0 Å². The van der Waals surface area contributed by atoms with Crippen molar-refractivity contribution >= 4 is 9.84 Å². The summed E-state index contributed by atoms with van der Waals surface area (Å²) in [6.07, 6.45) is 0.0771. The molecule has 3 atom stereocenters. The summed E-state index contributed by atoms with van der Waals surface area (Å²) in [6.45, 7) is 1.86. The van der Waals surface area contributed by atoms with Crippen molar-refractivity contribution in [2.45, 2.75) is 41.9 Å². The van der Waals surface area contributed by atoms with E-state index in [1.807, 2.05) is 49.4 Å². The lowest BCUT2D eigenvalue weighted by Gasteiger charge is -2.23. The van der Waals surface area contributed by atoms with Gasteiger partial charge in [0.15, 0.2) is 9.84 Å². The maximum atomic E-state index is 12.9. The highest BCUT2D eigenvalue weighted by Gasteiger charge is 2.39. The number of aliphatic hydroxyl groups excluding tert-OH is 1. The molecule has 4 heteroatoms. The topological polar surface area (TPSA) is 54.4 Å². The molecule has 1 aliphatic rings. The lowest BCUT2D eigenvalue weighted by atomic mass is 9.84. The minimum atomic E-state index is -3.40. The molecule has 0 saturated carbocycles. The first-order valence-electron chi connectivity index (χ1n) is 7.61. The maximum Gasteiger partial charge on any atom is 0.181 e. The zero-order valence-electron chi connectivity index (χ0n) is 12.5. The van der Waals surface area contributed by atoms with Crippen molar-refractivity contribution in [2.75, 3.05) is 0 Å². The quantitative estimate of drug-likeness (QED) is 0.926. The fourth-order valence-corrected chi connectivity index (χ4v) is 5.40. The van der Waals surface area contributed by atoms with Crippen molar-refractivity contribution in [3.8, 4) is 0 Å². The molecule has 116 valence electrons. The number of fused-ring (bicyclic) bond motifs is 1. The Bertz CT molecular complexity index is 753. The zero-order valence-corrected chi connectivity index (χ0v) is 13.3. The molecule has 1 heterocycles. The van der Waals surface area contributed by atoms with Crippen molar-refractivity contribution < 1.29 is 13.5 Å². The number of aliphatic hydroxyl groups is 1. The zero-order chi connectivity index (χ0) is 15.7. The van der Waals surface area contributed by atoms with Crippen LogP contribution in [-0.4, -0.2) is 24.9 Å². The van der Waals surface area contributed by atoms with E-state index in [-0.39, 0.29) is 12.3 Å². The summed E-state index contributed by atoms with van der Waals surface area (Å²) < 4.78 is 25.7. The Morgan fingerprint density at radius 3 is 2.36 bits per heavy atom. The molecular weight excluding hydrogens is 296 g/mol. The highest BCUT2D eigenvalue weighted by molar-refractivity contribution is 7.92. The van der Waals surface area contributed by atoms with E-state index >= 15 is 0 Å². The Balaban J connectivity index is 2.24. The molecule has 0 amide bonds. The fourth-order valence-electron chi connectivity index (χ4n) is 3.36. The molecule has 1 aliphatic heterocycles. The largest absolute Gasteiger partial charge is 0.392 e. The van der Waals surface area contributed by atoms with E-state index < -0.39 is 21.2 Å². The molecule has 3 rings (SSSR count). The first-order chi connectivity index (χ1) is 10.6. The van der Waals surface area contributed by atoms with Gasteiger partial charge in [-0.05, 0) is 30.0 Å². The van der Waals surface area contributed by atoms with E-state index in [0.717, 1.165) is 5.56 Å². The van der Waals surface area contributed by atoms with Crippen LogP contribution in [0, 0.1) is 0 Å². The van der Waals surface area contributed by atoms with E-state index in [0.29, 0.717) is 16.9 Å². The second kappa shape index (κ2) is 5.86. The van der Waals surface area contributed by atoms with Gasteiger partial charge in [-0.3, -0.25) is 0 Å². The first kappa shape index (κ1) is 15.3. The third-order valence-corrected chi connectivity index (χ3v) is 6.89. The normalized spacial score (nSPS) is 26.9. The van der Waals surface area contributed by atoms with Crippen LogP contribution in [0.25, 0.3) is 0 Å². The molecule has 0 aliphatic carbocycles. The van der Waals surface area contributed by atoms with Crippen LogP contribution in [0.3, 0.4) is 0 Å². The molecule has 0 fully saturated rings. The van der Waals surface area contributed by atoms with Crippen LogP contribution in [0.2, 0.25) is 0 Å². The Labute approximate surface area is 131 Å². The smallest absolute Gasteiger partial charge is 0.181 e. The van der Waals surface area contributed by atoms with Crippen molar-refractivity contribution in [3.63, 3.8) is 0 Å². The van der Waals surface area contributed by atoms with E-state index in [1.54, 1.807) is 12.1 Å². The van der Waals surface area contributed by atoms with Gasteiger partial charge in [0.05, 0.1) is 16.2 Å². The summed E-state index contributed by atoms with van der Waals surface area (Å²) >= 11 is 0. The SMILES string of the molecule is CCC1CC(O)C(c2ccccc2)c2ccccc2S1(=O)=O. The Morgan fingerprint density at radius 1 is 1.05 bits per heavy atom. The molecule has 0 radical (unpaired) electrons. The lowest BCUT2D eigenvalue weighted by molar-refractivity contribution is 0.145. The summed E-state index contributed by atoms with van der Waals surface area (Å²) in [5, 5.41) is 10.2. The fraction of sp³-hybridized carbons (Fsp3) is 0.333. The predicted octanol–water partition coefficient (Wildman–Crippen LogP) is 3.14. The summed E-state index contributed by atoms with van der Waals surface area (Å²) in [6, 6.07) is 16.7. The number of hydrogen-bond donors (Lipinski definition) is 1. The van der Waals surface area contributed by atoms with Crippen molar-refractivity contribution in [1.29, 1.82) is 0 Å². The molecule has 3 nitrogen and oxygen atoms in total. The van der Waals surface area contributed by atoms with Gasteiger partial charge in [0.25, 0.3) is 0 Å². The molecule has 3 unspecified atom stereocenters. The van der Waals surface area contributed by atoms with Gasteiger partial charge in [-0.1, -0.05) is 55.5 Å². The van der Waals surface area contributed by atoms with Gasteiger partial charge < -0.3 is 5.11 Å². The van der Waals surface area contributed by atoms with Crippen molar-refractivity contribution in [1.82, 2.24) is 0 Å². The molecule has 0 saturated heterocycles. The van der Waals surface area contributed by atoms with Gasteiger partial charge >= 0.3 is 0 Å². The number of benzene rings is 2. The van der Waals surface area contributed by atoms with E-state index in [4.69, 9.17) is 0 Å². The van der Waals surface area contributed by atoms with Crippen LogP contribution in [0.1, 0.15) is 36.8 Å². The minimum absolute atomic E-state index is 0.271. The van der Waals surface area contributed by atoms with Crippen LogP contribution >= 0.6 is 0 Å². The first-order valence-corrected chi connectivity index (χ1v) is 9.16. The Hall–Kier alpha value is -1.65. The summed E-state index contributed by atoms with van der Waals surface area (Å²) in [5.74, 6) is -0.302. The van der Waals surface area contributed by atoms with Crippen LogP contribution in [0.4, 0.5) is 0 Å². The third kappa shape index (κ3) is 2.46. The number of sulfone groups is 1. The van der Waals surface area contributed by atoms with Gasteiger partial charge in [0.1, 0.15) is 0 Å². The van der Waals surface area contributed by atoms with E-state index in [9.17, 15) is 13.5 Å². The number of hydrogen-bond acceptors (Lipinski definition) is 3. The molecule has 1 N–H and O–H groups in total. The monoisotopic (exact) mass is 316 g/mol. The van der Waals surface area contributed by atoms with Crippen molar-refractivity contribution in [3.05, 3.63) is 65.7 Å². The average Bonchev–Trinajstić information content (AvgIpc) is 2.61. The van der Waals surface area contributed by atoms with Crippen LogP contribution in [0.15, 0.2) is 59.5 Å². The molecule has 2 aromatic carbocycles. The van der Waals surface area contributed by atoms with Crippen molar-refractivity contribution in [2.24, 2.45) is 0 Å². The van der Waals surface area contributed by atoms with E-state index in [1.165, 1.54) is 0 Å². The number of rotatable bonds is 2. The van der Waals surface area contributed by atoms with Gasteiger partial charge in [-0.2, -0.15) is 0 Å². The van der Waals surface area contributed by atoms with E-state index in [2.05, 4.69) is 0 Å². The third-order valence-electron chi connectivity index (χ3n) is 4.50. The summed E-state index contributed by atoms with van der Waals surface area (Å²) in [7, 11) is -3.40. The Kier molecular flexibility index (Phi) is 4.06. The molecule has 0 bridgehead atoms. The van der Waals surface area contributed by atoms with Gasteiger partial charge in [-0.15, -0.1) is 0 Å². The highest BCUT2D eigenvalue weighted by Crippen LogP contribution is 2.40. The molecule has 0 spiro atoms. The maximum absolute atomic E-state index is 12.9. The molecule has 2 aromatic rings. The van der Waals surface area contributed by atoms with Crippen LogP contribution < -0.4 is 0 Å². The minimum Gasteiger partial charge on any atom is -0.392 e. The van der Waals surface area contributed by atoms with Gasteiger partial charge in [0.2, 0.25) is 0 Å². The van der Waals surface area contributed by atoms with Gasteiger partial charge in [0, 0.05) is 5.92 Å². The predicted molar refractivity (Wildman–Crippen MR) is 86.6 cm³/mol. The molecule has 0 aromatic heterocycles. The lowest BCUT2D eigenvalue weighted by Crippen LogP contribution is -2.25. The highest BCUT2D eigenvalue weighted by atomic mass is 32.2. The second-order valence-electron chi connectivity index (χ2n) is 5.80. The summed E-state index contributed by atoms with van der Waals surface area (Å²) in [5.41, 5.74) is 1.66. The standard InChI is InChI=1S/C18H20O3S/c1-2-14-12-16(19)18(13-8-4-3-5-9-13)15-10-6-7-11-17(15)22(14,20)21/h3-11,14,16,18-19H,2,12H2,1H3. The van der Waals surface area contributed by atoms with Crippen LogP contribution in [-0.2, 0) is 9.84 Å². The molecule has 22 heavy (non-hydrogen) atoms. The van der Waals surface area contributed by atoms with Gasteiger partial charge in [-0.25, -0.2) is 8.42 Å².